The number of nitrogens with zero attached hydrogens (tertiary/aromatic N) is 1. The third kappa shape index (κ3) is 6.50. The monoisotopic (exact) mass is 347 g/mol. The van der Waals surface area contributed by atoms with Crippen LogP contribution < -0.4 is 10.6 Å². The maximum absolute atomic E-state index is 12.7. The van der Waals surface area contributed by atoms with E-state index in [0.717, 1.165) is 16.8 Å². The molecule has 0 aliphatic rings. The molecule has 0 fully saturated rings. The van der Waals surface area contributed by atoms with Crippen molar-refractivity contribution in [3.63, 3.8) is 0 Å². The van der Waals surface area contributed by atoms with Gasteiger partial charge in [0.15, 0.2) is 0 Å². The lowest BCUT2D eigenvalue weighted by Gasteiger charge is -2.27. The van der Waals surface area contributed by atoms with E-state index in [9.17, 15) is 9.59 Å². The minimum atomic E-state index is -0.412. The Bertz CT molecular complexity index is 618. The van der Waals surface area contributed by atoms with E-state index in [1.807, 2.05) is 52.8 Å². The van der Waals surface area contributed by atoms with Gasteiger partial charge in [-0.3, -0.25) is 14.5 Å². The maximum atomic E-state index is 12.7. The summed E-state index contributed by atoms with van der Waals surface area (Å²) in [4.78, 5) is 26.5. The van der Waals surface area contributed by atoms with E-state index < -0.39 is 6.04 Å². The topological polar surface area (TPSA) is 61.4 Å². The van der Waals surface area contributed by atoms with Gasteiger partial charge < -0.3 is 10.6 Å². The summed E-state index contributed by atoms with van der Waals surface area (Å²) < 4.78 is 0. The average Bonchev–Trinajstić information content (AvgIpc) is 2.45. The van der Waals surface area contributed by atoms with Crippen molar-refractivity contribution in [3.8, 4) is 0 Å². The molecular formula is C20H33N3O2. The van der Waals surface area contributed by atoms with Gasteiger partial charge in [-0.25, -0.2) is 0 Å². The van der Waals surface area contributed by atoms with Crippen molar-refractivity contribution < 1.29 is 9.59 Å². The van der Waals surface area contributed by atoms with E-state index in [1.165, 1.54) is 0 Å². The molecule has 1 aromatic carbocycles. The highest BCUT2D eigenvalue weighted by Gasteiger charge is 2.23. The molecule has 0 saturated carbocycles. The fraction of sp³-hybridized carbons (Fsp3) is 0.600. The van der Waals surface area contributed by atoms with Crippen molar-refractivity contribution in [2.75, 3.05) is 18.9 Å². The molecule has 1 rings (SSSR count). The van der Waals surface area contributed by atoms with Crippen LogP contribution in [0.25, 0.3) is 0 Å². The molecule has 0 saturated heterocycles. The first-order chi connectivity index (χ1) is 11.4. The van der Waals surface area contributed by atoms with Gasteiger partial charge in [-0.15, -0.1) is 0 Å². The Morgan fingerprint density at radius 3 is 2.28 bits per heavy atom. The van der Waals surface area contributed by atoms with Crippen LogP contribution in [0.15, 0.2) is 18.2 Å². The Morgan fingerprint density at radius 1 is 1.16 bits per heavy atom. The van der Waals surface area contributed by atoms with E-state index >= 15 is 0 Å². The molecule has 0 aromatic heterocycles. The second kappa shape index (κ2) is 8.48. The van der Waals surface area contributed by atoms with Crippen LogP contribution in [0.1, 0.15) is 58.6 Å². The molecule has 1 aromatic rings. The molecule has 0 unspecified atom stereocenters. The first-order valence-corrected chi connectivity index (χ1v) is 8.84. The molecule has 0 aliphatic carbocycles. The number of nitrogens with one attached hydrogen (secondary N) is 2. The van der Waals surface area contributed by atoms with Crippen LogP contribution in [-0.2, 0) is 9.59 Å². The normalized spacial score (nSPS) is 13.0. The van der Waals surface area contributed by atoms with Crippen LogP contribution in [0.2, 0.25) is 0 Å². The van der Waals surface area contributed by atoms with Crippen molar-refractivity contribution in [3.05, 3.63) is 29.3 Å². The van der Waals surface area contributed by atoms with Gasteiger partial charge in [0.05, 0.1) is 12.6 Å². The van der Waals surface area contributed by atoms with Crippen LogP contribution in [-0.4, -0.2) is 41.9 Å². The molecule has 1 atom stereocenters. The predicted molar refractivity (Wildman–Crippen MR) is 104 cm³/mol. The van der Waals surface area contributed by atoms with Crippen LogP contribution in [0.3, 0.4) is 0 Å². The lowest BCUT2D eigenvalue weighted by atomic mass is 9.98. The predicted octanol–water partition coefficient (Wildman–Crippen LogP) is 3.29. The van der Waals surface area contributed by atoms with Crippen molar-refractivity contribution in [1.29, 1.82) is 0 Å². The molecule has 5 heteroatoms. The molecule has 0 heterocycles. The number of anilines is 1. The molecule has 2 N–H and O–H groups in total. The molecule has 2 amide bonds. The van der Waals surface area contributed by atoms with E-state index in [2.05, 4.69) is 24.5 Å². The van der Waals surface area contributed by atoms with E-state index in [4.69, 9.17) is 0 Å². The van der Waals surface area contributed by atoms with Gasteiger partial charge >= 0.3 is 0 Å². The van der Waals surface area contributed by atoms with Gasteiger partial charge in [-0.05, 0) is 58.7 Å². The van der Waals surface area contributed by atoms with Gasteiger partial charge in [-0.2, -0.15) is 0 Å². The van der Waals surface area contributed by atoms with Crippen LogP contribution in [0.4, 0.5) is 5.69 Å². The molecule has 0 aliphatic heterocycles. The number of hydrogen-bond donors (Lipinski definition) is 2. The molecule has 140 valence electrons. The maximum Gasteiger partial charge on any atom is 0.241 e. The number of rotatable bonds is 6. The first kappa shape index (κ1) is 21.2. The highest BCUT2D eigenvalue weighted by atomic mass is 16.2. The number of benzene rings is 1. The quantitative estimate of drug-likeness (QED) is 0.830. The number of carbonyl (C=O) groups excluding carboxylic acids is 2. The zero-order valence-electron chi connectivity index (χ0n) is 16.9. The standard InChI is InChI=1S/C20H33N3O2/c1-13(2)16-11-9-10-14(3)18(16)21-19(25)15(4)23(8)12-17(24)22-20(5,6)7/h9-11,13,15H,12H2,1-8H3,(H,21,25)(H,22,24)/t15-/m0/s1. The fourth-order valence-corrected chi connectivity index (χ4v) is 2.59. The highest BCUT2D eigenvalue weighted by molar-refractivity contribution is 5.96. The third-order valence-corrected chi connectivity index (χ3v) is 4.12. The summed E-state index contributed by atoms with van der Waals surface area (Å²) in [6.45, 7) is 14.0. The number of amides is 2. The lowest BCUT2D eigenvalue weighted by Crippen LogP contribution is -2.49. The number of hydrogen-bond acceptors (Lipinski definition) is 3. The van der Waals surface area contributed by atoms with Gasteiger partial charge in [0.25, 0.3) is 0 Å². The van der Waals surface area contributed by atoms with Gasteiger partial charge in [0, 0.05) is 11.2 Å². The molecule has 25 heavy (non-hydrogen) atoms. The Hall–Kier alpha value is -1.88. The van der Waals surface area contributed by atoms with Gasteiger partial charge in [-0.1, -0.05) is 32.0 Å². The number of likely N-dealkylation sites (N-methyl/N-ethyl adjacent to an activating group) is 1. The molecule has 0 spiro atoms. The van der Waals surface area contributed by atoms with Crippen LogP contribution in [0, 0.1) is 6.92 Å². The summed E-state index contributed by atoms with van der Waals surface area (Å²) in [6, 6.07) is 5.63. The van der Waals surface area contributed by atoms with E-state index in [-0.39, 0.29) is 23.9 Å². The van der Waals surface area contributed by atoms with Crippen molar-refractivity contribution in [2.24, 2.45) is 0 Å². The van der Waals surface area contributed by atoms with Crippen LogP contribution >= 0.6 is 0 Å². The molecule has 5 nitrogen and oxygen atoms in total. The fourth-order valence-electron chi connectivity index (χ4n) is 2.59. The average molecular weight is 348 g/mol. The minimum absolute atomic E-state index is 0.0894. The van der Waals surface area contributed by atoms with E-state index in [0.29, 0.717) is 5.92 Å². The smallest absolute Gasteiger partial charge is 0.241 e. The second-order valence-electron chi connectivity index (χ2n) is 8.07. The highest BCUT2D eigenvalue weighted by Crippen LogP contribution is 2.27. The Balaban J connectivity index is 2.79. The van der Waals surface area contributed by atoms with E-state index in [1.54, 1.807) is 11.9 Å². The summed E-state index contributed by atoms with van der Waals surface area (Å²) in [5.41, 5.74) is 2.76. The van der Waals surface area contributed by atoms with Crippen molar-refractivity contribution in [2.45, 2.75) is 66.0 Å². The number of para-hydroxylation sites is 1. The van der Waals surface area contributed by atoms with Gasteiger partial charge in [0.2, 0.25) is 11.8 Å². The number of carbonyl (C=O) groups is 2. The van der Waals surface area contributed by atoms with Gasteiger partial charge in [0.1, 0.15) is 0 Å². The summed E-state index contributed by atoms with van der Waals surface area (Å²) in [5, 5.41) is 5.96. The van der Waals surface area contributed by atoms with Crippen molar-refractivity contribution >= 4 is 17.5 Å². The first-order valence-electron chi connectivity index (χ1n) is 8.84. The summed E-state index contributed by atoms with van der Waals surface area (Å²) >= 11 is 0. The number of aryl methyl sites for hydroxylation is 1. The lowest BCUT2D eigenvalue weighted by molar-refractivity contribution is -0.125. The molecule has 0 bridgehead atoms. The zero-order chi connectivity index (χ0) is 19.4. The van der Waals surface area contributed by atoms with Crippen molar-refractivity contribution in [1.82, 2.24) is 10.2 Å². The largest absolute Gasteiger partial charge is 0.350 e. The Labute approximate surface area is 152 Å². The third-order valence-electron chi connectivity index (χ3n) is 4.12. The summed E-state index contributed by atoms with van der Waals surface area (Å²) in [7, 11) is 1.79. The Morgan fingerprint density at radius 2 is 1.76 bits per heavy atom. The molecular weight excluding hydrogens is 314 g/mol. The Kier molecular flexibility index (Phi) is 7.17. The SMILES string of the molecule is Cc1cccc(C(C)C)c1NC(=O)[C@H](C)N(C)CC(=O)NC(C)(C)C. The van der Waals surface area contributed by atoms with Crippen LogP contribution in [0.5, 0.6) is 0 Å². The zero-order valence-corrected chi connectivity index (χ0v) is 16.9. The molecule has 0 radical (unpaired) electrons. The summed E-state index contributed by atoms with van der Waals surface area (Å²) in [5.74, 6) is 0.122. The minimum Gasteiger partial charge on any atom is -0.350 e. The second-order valence-corrected chi connectivity index (χ2v) is 8.07. The summed E-state index contributed by atoms with van der Waals surface area (Å²) in [6.07, 6.45) is 0.